The van der Waals surface area contributed by atoms with Crippen molar-refractivity contribution in [1.82, 2.24) is 0 Å². The van der Waals surface area contributed by atoms with Gasteiger partial charge in [0.1, 0.15) is 0 Å². The van der Waals surface area contributed by atoms with Crippen LogP contribution in [0.15, 0.2) is 48.5 Å². The fraction of sp³-hybridized carbons (Fsp3) is 0.200. The highest BCUT2D eigenvalue weighted by Crippen LogP contribution is 2.59. The first kappa shape index (κ1) is 8.40. The first-order valence-electron chi connectivity index (χ1n) is 5.88. The first-order chi connectivity index (χ1) is 7.93. The molecular weight excluding hydrogens is 194 g/mol. The molecule has 1 N–H and O–H groups in total. The van der Waals surface area contributed by atoms with Crippen LogP contribution in [0.5, 0.6) is 0 Å². The smallest absolute Gasteiger partial charge is 0.0419 e. The third kappa shape index (κ3) is 1.06. The summed E-state index contributed by atoms with van der Waals surface area (Å²) in [5, 5.41) is 3.56. The predicted molar refractivity (Wildman–Crippen MR) is 66.3 cm³/mol. The van der Waals surface area contributed by atoms with Gasteiger partial charge in [0.05, 0.1) is 0 Å². The molecule has 2 atom stereocenters. The van der Waals surface area contributed by atoms with E-state index in [1.165, 1.54) is 28.9 Å². The third-order valence-corrected chi connectivity index (χ3v) is 3.78. The van der Waals surface area contributed by atoms with Crippen molar-refractivity contribution in [2.24, 2.45) is 0 Å². The molecule has 2 aromatic carbocycles. The summed E-state index contributed by atoms with van der Waals surface area (Å²) < 4.78 is 0. The van der Waals surface area contributed by atoms with Crippen LogP contribution < -0.4 is 5.32 Å². The monoisotopic (exact) mass is 207 g/mol. The third-order valence-electron chi connectivity index (χ3n) is 3.78. The van der Waals surface area contributed by atoms with Crippen LogP contribution in [-0.4, -0.2) is 0 Å². The van der Waals surface area contributed by atoms with E-state index in [9.17, 15) is 0 Å². The summed E-state index contributed by atoms with van der Waals surface area (Å²) in [6.45, 7) is 0. The van der Waals surface area contributed by atoms with Crippen LogP contribution in [0.4, 0.5) is 11.4 Å². The highest BCUT2D eigenvalue weighted by Gasteiger charge is 2.43. The Labute approximate surface area is 95.1 Å². The summed E-state index contributed by atoms with van der Waals surface area (Å²) >= 11 is 0. The number of anilines is 2. The lowest BCUT2D eigenvalue weighted by atomic mass is 10.0. The normalized spacial score (nSPS) is 24.5. The molecule has 1 aliphatic carbocycles. The number of hydrogen-bond acceptors (Lipinski definition) is 1. The lowest BCUT2D eigenvalue weighted by Gasteiger charge is -2.10. The Morgan fingerprint density at radius 2 is 1.25 bits per heavy atom. The van der Waals surface area contributed by atoms with Gasteiger partial charge in [0, 0.05) is 11.4 Å². The Hall–Kier alpha value is -1.76. The van der Waals surface area contributed by atoms with Gasteiger partial charge in [-0.05, 0) is 41.5 Å². The van der Waals surface area contributed by atoms with Crippen LogP contribution in [-0.2, 0) is 0 Å². The van der Waals surface area contributed by atoms with Gasteiger partial charge in [-0.15, -0.1) is 0 Å². The van der Waals surface area contributed by atoms with E-state index in [2.05, 4.69) is 53.8 Å². The van der Waals surface area contributed by atoms with Crippen molar-refractivity contribution in [2.45, 2.75) is 18.3 Å². The largest absolute Gasteiger partial charge is 0.355 e. The average Bonchev–Trinajstić information content (AvgIpc) is 3.09. The highest BCUT2D eigenvalue weighted by molar-refractivity contribution is 5.72. The van der Waals surface area contributed by atoms with Crippen molar-refractivity contribution in [3.8, 4) is 0 Å². The zero-order valence-corrected chi connectivity index (χ0v) is 8.98. The van der Waals surface area contributed by atoms with E-state index in [0.29, 0.717) is 0 Å². The van der Waals surface area contributed by atoms with Gasteiger partial charge in [0.15, 0.2) is 0 Å². The summed E-state index contributed by atoms with van der Waals surface area (Å²) in [6.07, 6.45) is 1.32. The van der Waals surface area contributed by atoms with Gasteiger partial charge in [0.2, 0.25) is 0 Å². The molecule has 1 heteroatoms. The van der Waals surface area contributed by atoms with Crippen LogP contribution in [0.25, 0.3) is 0 Å². The summed E-state index contributed by atoms with van der Waals surface area (Å²) in [7, 11) is 0. The second kappa shape index (κ2) is 2.88. The molecular formula is C15H13N. The van der Waals surface area contributed by atoms with Crippen LogP contribution >= 0.6 is 0 Å². The van der Waals surface area contributed by atoms with Crippen LogP contribution in [0, 0.1) is 0 Å². The molecule has 2 aromatic rings. The van der Waals surface area contributed by atoms with Gasteiger partial charge in [-0.3, -0.25) is 0 Å². The first-order valence-corrected chi connectivity index (χ1v) is 5.88. The number of hydrogen-bond donors (Lipinski definition) is 1. The summed E-state index contributed by atoms with van der Waals surface area (Å²) in [4.78, 5) is 0. The highest BCUT2D eigenvalue weighted by atomic mass is 14.9. The Bertz CT molecular complexity index is 509. The van der Waals surface area contributed by atoms with Crippen LogP contribution in [0.2, 0.25) is 0 Å². The molecule has 0 aromatic heterocycles. The van der Waals surface area contributed by atoms with E-state index < -0.39 is 0 Å². The Morgan fingerprint density at radius 3 is 1.81 bits per heavy atom. The van der Waals surface area contributed by atoms with Crippen LogP contribution in [0.3, 0.4) is 0 Å². The van der Waals surface area contributed by atoms with Crippen molar-refractivity contribution in [2.75, 3.05) is 5.32 Å². The SMILES string of the molecule is c1ccc2c(c1)Nc1ccccc1[C@@H]1C[C@H]21. The maximum atomic E-state index is 3.56. The topological polar surface area (TPSA) is 12.0 Å². The molecule has 0 spiro atoms. The van der Waals surface area contributed by atoms with Gasteiger partial charge >= 0.3 is 0 Å². The maximum Gasteiger partial charge on any atom is 0.0419 e. The molecule has 78 valence electrons. The maximum absolute atomic E-state index is 3.56. The molecule has 1 fully saturated rings. The predicted octanol–water partition coefficient (Wildman–Crippen LogP) is 4.01. The van der Waals surface area contributed by atoms with Gasteiger partial charge < -0.3 is 5.32 Å². The Morgan fingerprint density at radius 1 is 0.750 bits per heavy atom. The summed E-state index contributed by atoms with van der Waals surface area (Å²) in [5.74, 6) is 1.49. The molecule has 1 nitrogen and oxygen atoms in total. The molecule has 0 unspecified atom stereocenters. The van der Waals surface area contributed by atoms with Crippen molar-refractivity contribution in [1.29, 1.82) is 0 Å². The van der Waals surface area contributed by atoms with Gasteiger partial charge in [0.25, 0.3) is 0 Å². The zero-order chi connectivity index (χ0) is 10.5. The molecule has 16 heavy (non-hydrogen) atoms. The number of nitrogens with one attached hydrogen (secondary N) is 1. The number of fused-ring (bicyclic) bond motifs is 5. The molecule has 4 rings (SSSR count). The second-order valence-electron chi connectivity index (χ2n) is 4.75. The van der Waals surface area contributed by atoms with E-state index in [1.807, 2.05) is 0 Å². The Balaban J connectivity index is 1.94. The van der Waals surface area contributed by atoms with Crippen molar-refractivity contribution in [3.63, 3.8) is 0 Å². The molecule has 0 radical (unpaired) electrons. The lowest BCUT2D eigenvalue weighted by molar-refractivity contribution is 1.05. The lowest BCUT2D eigenvalue weighted by Crippen LogP contribution is -1.94. The van der Waals surface area contributed by atoms with E-state index in [1.54, 1.807) is 0 Å². The molecule has 1 heterocycles. The van der Waals surface area contributed by atoms with E-state index >= 15 is 0 Å². The molecule has 1 aliphatic heterocycles. The molecule has 0 bridgehead atoms. The van der Waals surface area contributed by atoms with E-state index in [0.717, 1.165) is 11.8 Å². The van der Waals surface area contributed by atoms with Gasteiger partial charge in [-0.25, -0.2) is 0 Å². The van der Waals surface area contributed by atoms with Crippen molar-refractivity contribution < 1.29 is 0 Å². The molecule has 1 saturated carbocycles. The molecule has 2 aliphatic rings. The number of rotatable bonds is 0. The standard InChI is InChI=1S/C15H13N/c1-3-7-14-10(5-1)12-9-13(12)11-6-2-4-8-15(11)16-14/h1-8,12-13,16H,9H2/t12-,13+. The zero-order valence-electron chi connectivity index (χ0n) is 8.98. The van der Waals surface area contributed by atoms with Gasteiger partial charge in [-0.2, -0.15) is 0 Å². The number of para-hydroxylation sites is 2. The van der Waals surface area contributed by atoms with E-state index in [4.69, 9.17) is 0 Å². The minimum absolute atomic E-state index is 0.743. The van der Waals surface area contributed by atoms with Crippen LogP contribution in [0.1, 0.15) is 29.4 Å². The minimum atomic E-state index is 0.743. The molecule has 0 amide bonds. The minimum Gasteiger partial charge on any atom is -0.355 e. The van der Waals surface area contributed by atoms with Crippen molar-refractivity contribution >= 4 is 11.4 Å². The second-order valence-corrected chi connectivity index (χ2v) is 4.75. The average molecular weight is 207 g/mol. The Kier molecular flexibility index (Phi) is 1.51. The fourth-order valence-electron chi connectivity index (χ4n) is 2.90. The summed E-state index contributed by atoms with van der Waals surface area (Å²) in [5.41, 5.74) is 5.56. The van der Waals surface area contributed by atoms with E-state index in [-0.39, 0.29) is 0 Å². The quantitative estimate of drug-likeness (QED) is 0.688. The fourth-order valence-corrected chi connectivity index (χ4v) is 2.90. The van der Waals surface area contributed by atoms with Gasteiger partial charge in [-0.1, -0.05) is 36.4 Å². The number of benzene rings is 2. The van der Waals surface area contributed by atoms with Crippen molar-refractivity contribution in [3.05, 3.63) is 59.7 Å². The summed E-state index contributed by atoms with van der Waals surface area (Å²) in [6, 6.07) is 17.4. The molecule has 0 saturated heterocycles.